The van der Waals surface area contributed by atoms with E-state index in [0.29, 0.717) is 6.61 Å². The quantitative estimate of drug-likeness (QED) is 0.264. The molecule has 1 saturated carbocycles. The van der Waals surface area contributed by atoms with Gasteiger partial charge in [-0.15, -0.1) is 6.58 Å². The summed E-state index contributed by atoms with van der Waals surface area (Å²) in [7, 11) is -2.66. The van der Waals surface area contributed by atoms with E-state index in [1.54, 1.807) is 0 Å². The van der Waals surface area contributed by atoms with Crippen molar-refractivity contribution in [2.24, 2.45) is 0 Å². The fraction of sp³-hybridized carbons (Fsp3) is 0.429. The van der Waals surface area contributed by atoms with E-state index < -0.39 is 13.9 Å². The molecule has 1 spiro atoms. The van der Waals surface area contributed by atoms with Crippen LogP contribution < -0.4 is 10.4 Å². The van der Waals surface area contributed by atoms with Gasteiger partial charge in [-0.3, -0.25) is 4.90 Å². The van der Waals surface area contributed by atoms with Crippen LogP contribution >= 0.6 is 0 Å². The van der Waals surface area contributed by atoms with Crippen molar-refractivity contribution >= 4 is 18.7 Å². The third-order valence-electron chi connectivity index (χ3n) is 9.51. The van der Waals surface area contributed by atoms with Gasteiger partial charge in [-0.25, -0.2) is 0 Å². The fourth-order valence-electron chi connectivity index (χ4n) is 7.62. The lowest BCUT2D eigenvalue weighted by Gasteiger charge is -2.56. The summed E-state index contributed by atoms with van der Waals surface area (Å²) in [4.78, 5) is 2.62. The van der Waals surface area contributed by atoms with Gasteiger partial charge < -0.3 is 9.53 Å². The molecule has 0 aromatic heterocycles. The molecule has 1 saturated heterocycles. The second kappa shape index (κ2) is 11.2. The van der Waals surface area contributed by atoms with Crippen LogP contribution in [0.4, 0.5) is 0 Å². The number of benzene rings is 3. The van der Waals surface area contributed by atoms with Crippen LogP contribution in [0.2, 0.25) is 5.04 Å². The molecular formula is C35H45NO2Si. The van der Waals surface area contributed by atoms with Crippen LogP contribution in [0.3, 0.4) is 0 Å². The molecular weight excluding hydrogens is 494 g/mol. The summed E-state index contributed by atoms with van der Waals surface area (Å²) >= 11 is 0. The Morgan fingerprint density at radius 2 is 1.41 bits per heavy atom. The molecule has 0 amide bonds. The second-order valence-corrected chi connectivity index (χ2v) is 17.0. The summed E-state index contributed by atoms with van der Waals surface area (Å²) in [5.74, 6) is 0. The zero-order chi connectivity index (χ0) is 27.6. The number of hydrogen-bond acceptors (Lipinski definition) is 3. The van der Waals surface area contributed by atoms with Crippen LogP contribution in [0.15, 0.2) is 104 Å². The van der Waals surface area contributed by atoms with Crippen molar-refractivity contribution < 1.29 is 9.53 Å². The average molecular weight is 540 g/mol. The van der Waals surface area contributed by atoms with Crippen LogP contribution in [0, 0.1) is 0 Å². The van der Waals surface area contributed by atoms with Crippen LogP contribution in [0.5, 0.6) is 0 Å². The van der Waals surface area contributed by atoms with Crippen LogP contribution in [-0.2, 0) is 11.0 Å². The molecule has 0 radical (unpaired) electrons. The first-order chi connectivity index (χ1) is 18.8. The molecule has 1 aliphatic carbocycles. The number of nitrogens with zero attached hydrogens (tertiary/aromatic N) is 1. The zero-order valence-electron chi connectivity index (χ0n) is 24.0. The first kappa shape index (κ1) is 28.0. The van der Waals surface area contributed by atoms with E-state index in [1.807, 2.05) is 6.08 Å². The van der Waals surface area contributed by atoms with Crippen LogP contribution in [0.25, 0.3) is 0 Å². The summed E-state index contributed by atoms with van der Waals surface area (Å²) in [5, 5.41) is 14.5. The van der Waals surface area contributed by atoms with Crippen molar-refractivity contribution in [2.75, 3.05) is 6.61 Å². The number of aliphatic hydroxyl groups is 1. The van der Waals surface area contributed by atoms with E-state index in [-0.39, 0.29) is 16.6 Å². The topological polar surface area (TPSA) is 32.7 Å². The Morgan fingerprint density at radius 1 is 0.872 bits per heavy atom. The molecule has 0 bridgehead atoms. The van der Waals surface area contributed by atoms with Gasteiger partial charge >= 0.3 is 0 Å². The highest BCUT2D eigenvalue weighted by Gasteiger charge is 2.58. The van der Waals surface area contributed by atoms with Gasteiger partial charge in [-0.05, 0) is 59.5 Å². The Balaban J connectivity index is 1.56. The minimum Gasteiger partial charge on any atom is -0.406 e. The van der Waals surface area contributed by atoms with Gasteiger partial charge in [-0.2, -0.15) is 0 Å². The summed E-state index contributed by atoms with van der Waals surface area (Å²) in [6, 6.07) is 32.8. The lowest BCUT2D eigenvalue weighted by Crippen LogP contribution is -2.69. The Kier molecular flexibility index (Phi) is 8.03. The van der Waals surface area contributed by atoms with E-state index in [2.05, 4.69) is 123 Å². The molecule has 1 N–H and O–H groups in total. The molecule has 3 atom stereocenters. The molecule has 0 unspecified atom stereocenters. The van der Waals surface area contributed by atoms with Crippen molar-refractivity contribution in [3.05, 3.63) is 109 Å². The van der Waals surface area contributed by atoms with Crippen molar-refractivity contribution in [3.8, 4) is 0 Å². The molecule has 3 aromatic rings. The van der Waals surface area contributed by atoms with Gasteiger partial charge in [0, 0.05) is 12.6 Å². The first-order valence-electron chi connectivity index (χ1n) is 14.7. The minimum atomic E-state index is -2.66. The lowest BCUT2D eigenvalue weighted by atomic mass is 9.73. The lowest BCUT2D eigenvalue weighted by molar-refractivity contribution is -0.116. The van der Waals surface area contributed by atoms with E-state index >= 15 is 0 Å². The summed E-state index contributed by atoms with van der Waals surface area (Å²) < 4.78 is 7.47. The monoisotopic (exact) mass is 539 g/mol. The van der Waals surface area contributed by atoms with Gasteiger partial charge in [0.1, 0.15) is 5.60 Å². The Labute approximate surface area is 236 Å². The molecule has 206 valence electrons. The third kappa shape index (κ3) is 4.97. The molecule has 1 aliphatic heterocycles. The van der Waals surface area contributed by atoms with E-state index in [0.717, 1.165) is 45.1 Å². The molecule has 2 aliphatic rings. The van der Waals surface area contributed by atoms with Crippen LogP contribution in [-0.4, -0.2) is 42.1 Å². The van der Waals surface area contributed by atoms with E-state index in [4.69, 9.17) is 4.43 Å². The number of hydrogen-bond donors (Lipinski definition) is 1. The molecule has 4 heteroatoms. The highest BCUT2D eigenvalue weighted by molar-refractivity contribution is 6.99. The van der Waals surface area contributed by atoms with Crippen molar-refractivity contribution in [3.63, 3.8) is 0 Å². The smallest absolute Gasteiger partial charge is 0.261 e. The van der Waals surface area contributed by atoms with Crippen LogP contribution in [0.1, 0.15) is 64.9 Å². The molecule has 5 rings (SSSR count). The predicted octanol–water partition coefficient (Wildman–Crippen LogP) is 6.46. The SMILES string of the molecule is C=C[C@]1(O)CCC[C@]12CCC[C@H](CO[Si](c1ccccc1)(c1ccccc1)C(C)(C)C)N2Cc1ccccc1. The van der Waals surface area contributed by atoms with Gasteiger partial charge in [0.15, 0.2) is 0 Å². The number of piperidine rings is 1. The van der Waals surface area contributed by atoms with Gasteiger partial charge in [0.2, 0.25) is 0 Å². The van der Waals surface area contributed by atoms with Crippen molar-refractivity contribution in [1.82, 2.24) is 4.90 Å². The van der Waals surface area contributed by atoms with E-state index in [9.17, 15) is 5.11 Å². The normalized spacial score (nSPS) is 26.1. The molecule has 39 heavy (non-hydrogen) atoms. The van der Waals surface area contributed by atoms with Gasteiger partial charge in [-0.1, -0.05) is 118 Å². The number of likely N-dealkylation sites (tertiary alicyclic amines) is 1. The largest absolute Gasteiger partial charge is 0.406 e. The van der Waals surface area contributed by atoms with Gasteiger partial charge in [0.25, 0.3) is 8.32 Å². The molecule has 3 nitrogen and oxygen atoms in total. The van der Waals surface area contributed by atoms with E-state index in [1.165, 1.54) is 15.9 Å². The average Bonchev–Trinajstić information content (AvgIpc) is 3.28. The third-order valence-corrected chi connectivity index (χ3v) is 14.5. The zero-order valence-corrected chi connectivity index (χ0v) is 25.0. The fourth-order valence-corrected chi connectivity index (χ4v) is 12.2. The summed E-state index contributed by atoms with van der Waals surface area (Å²) in [6.45, 7) is 12.6. The maximum absolute atomic E-state index is 12.0. The predicted molar refractivity (Wildman–Crippen MR) is 165 cm³/mol. The minimum absolute atomic E-state index is 0.0679. The summed E-state index contributed by atoms with van der Waals surface area (Å²) in [5.41, 5.74) is 0.104. The van der Waals surface area contributed by atoms with Crippen molar-refractivity contribution in [2.45, 2.75) is 88.1 Å². The maximum Gasteiger partial charge on any atom is 0.261 e. The Bertz CT molecular complexity index is 1190. The highest BCUT2D eigenvalue weighted by Crippen LogP contribution is 2.51. The Hall–Kier alpha value is -2.50. The molecule has 1 heterocycles. The number of rotatable bonds is 8. The first-order valence-corrected chi connectivity index (χ1v) is 16.6. The summed E-state index contributed by atoms with van der Waals surface area (Å²) in [6.07, 6.45) is 7.80. The second-order valence-electron chi connectivity index (χ2n) is 12.6. The maximum atomic E-state index is 12.0. The standard InChI is InChI=1S/C35H45NO2Si/c1-5-35(37)26-16-25-34(35)24-15-19-30(36(34)27-29-17-9-6-10-18-29)28-38-39(33(2,3)4,31-20-11-7-12-21-31)32-22-13-8-14-23-32/h5-14,17-18,20-23,30,37H,1,15-16,19,24-28H2,2-4H3/t30-,34-,35+/m1/s1. The van der Waals surface area contributed by atoms with Crippen molar-refractivity contribution in [1.29, 1.82) is 0 Å². The Morgan fingerprint density at radius 3 is 1.95 bits per heavy atom. The highest BCUT2D eigenvalue weighted by atomic mass is 28.4. The van der Waals surface area contributed by atoms with Gasteiger partial charge in [0.05, 0.1) is 12.1 Å². The molecule has 3 aromatic carbocycles. The molecule has 2 fully saturated rings.